The molecule has 8 nitrogen and oxygen atoms in total. The van der Waals surface area contributed by atoms with Crippen LogP contribution in [0.1, 0.15) is 25.7 Å². The first-order valence-electron chi connectivity index (χ1n) is 14.9. The summed E-state index contributed by atoms with van der Waals surface area (Å²) in [6.45, 7) is 5.63. The topological polar surface area (TPSA) is 85.6 Å². The van der Waals surface area contributed by atoms with Crippen LogP contribution in [0.25, 0.3) is 32.1 Å². The number of halogens is 2. The lowest BCUT2D eigenvalue weighted by atomic mass is 9.95. The number of aromatic nitrogens is 2. The van der Waals surface area contributed by atoms with Gasteiger partial charge in [0.1, 0.15) is 18.6 Å². The summed E-state index contributed by atoms with van der Waals surface area (Å²) in [6, 6.07) is 16.2. The van der Waals surface area contributed by atoms with Crippen LogP contribution in [0.4, 0.5) is 14.6 Å². The molecular weight excluding hydrogens is 582 g/mol. The van der Waals surface area contributed by atoms with Gasteiger partial charge in [0.05, 0.1) is 29.6 Å². The SMILES string of the molecule is C=C(F)C(=O)N1CCN(c2nc(OCC34CCCN3C[C@H](F)C4)nc3cc(-c4cccc5sccc45)ccc23)C[C@@H]1CC#N. The van der Waals surface area contributed by atoms with Crippen LogP contribution in [0.2, 0.25) is 0 Å². The van der Waals surface area contributed by atoms with Gasteiger partial charge in [-0.25, -0.2) is 8.78 Å². The molecule has 7 rings (SSSR count). The highest BCUT2D eigenvalue weighted by atomic mass is 32.1. The van der Waals surface area contributed by atoms with Gasteiger partial charge in [0, 0.05) is 48.1 Å². The van der Waals surface area contributed by atoms with Crippen molar-refractivity contribution in [3.8, 4) is 23.2 Å². The fourth-order valence-corrected chi connectivity index (χ4v) is 8.02. The van der Waals surface area contributed by atoms with Crippen LogP contribution in [0.3, 0.4) is 0 Å². The van der Waals surface area contributed by atoms with Crippen LogP contribution in [0.5, 0.6) is 6.01 Å². The van der Waals surface area contributed by atoms with E-state index in [1.54, 1.807) is 11.3 Å². The van der Waals surface area contributed by atoms with Crippen molar-refractivity contribution in [1.82, 2.24) is 19.8 Å². The predicted octanol–water partition coefficient (Wildman–Crippen LogP) is 5.88. The number of ether oxygens (including phenoxy) is 1. The Morgan fingerprint density at radius 2 is 2.05 bits per heavy atom. The summed E-state index contributed by atoms with van der Waals surface area (Å²) in [6.07, 6.45) is 1.49. The van der Waals surface area contributed by atoms with Crippen molar-refractivity contribution in [2.75, 3.05) is 44.2 Å². The summed E-state index contributed by atoms with van der Waals surface area (Å²) in [5, 5.41) is 13.5. The molecule has 4 aromatic rings. The third-order valence-electron chi connectivity index (χ3n) is 9.30. The van der Waals surface area contributed by atoms with E-state index in [0.717, 1.165) is 35.9 Å². The highest BCUT2D eigenvalue weighted by molar-refractivity contribution is 7.17. The number of fused-ring (bicyclic) bond motifs is 3. The zero-order chi connectivity index (χ0) is 30.4. The lowest BCUT2D eigenvalue weighted by Crippen LogP contribution is -2.55. The first kappa shape index (κ1) is 28.6. The van der Waals surface area contributed by atoms with Crippen molar-refractivity contribution in [3.63, 3.8) is 0 Å². The number of benzene rings is 2. The Kier molecular flexibility index (Phi) is 7.42. The molecule has 3 fully saturated rings. The number of piperazine rings is 1. The number of alkyl halides is 1. The maximum atomic E-state index is 14.4. The van der Waals surface area contributed by atoms with Gasteiger partial charge in [0.15, 0.2) is 5.83 Å². The van der Waals surface area contributed by atoms with Crippen molar-refractivity contribution < 1.29 is 18.3 Å². The van der Waals surface area contributed by atoms with Gasteiger partial charge in [-0.1, -0.05) is 24.8 Å². The highest BCUT2D eigenvalue weighted by Gasteiger charge is 2.49. The number of hydrogen-bond acceptors (Lipinski definition) is 8. The molecule has 0 spiro atoms. The summed E-state index contributed by atoms with van der Waals surface area (Å²) in [7, 11) is 0. The molecule has 2 aromatic heterocycles. The van der Waals surface area contributed by atoms with Crippen LogP contribution >= 0.6 is 11.3 Å². The van der Waals surface area contributed by atoms with Crippen molar-refractivity contribution in [2.45, 2.75) is 43.4 Å². The van der Waals surface area contributed by atoms with Crippen LogP contribution < -0.4 is 9.64 Å². The van der Waals surface area contributed by atoms with Gasteiger partial charge in [-0.15, -0.1) is 11.3 Å². The first-order valence-corrected chi connectivity index (χ1v) is 15.8. The van der Waals surface area contributed by atoms with E-state index in [-0.39, 0.29) is 31.1 Å². The van der Waals surface area contributed by atoms with E-state index in [0.29, 0.717) is 37.5 Å². The Labute approximate surface area is 258 Å². The van der Waals surface area contributed by atoms with Gasteiger partial charge < -0.3 is 14.5 Å². The maximum Gasteiger partial charge on any atom is 0.319 e. The van der Waals surface area contributed by atoms with E-state index in [1.165, 1.54) is 15.0 Å². The summed E-state index contributed by atoms with van der Waals surface area (Å²) < 4.78 is 35.8. The minimum atomic E-state index is -1.04. The molecule has 5 heterocycles. The molecular formula is C33H32F2N6O2S. The van der Waals surface area contributed by atoms with E-state index >= 15 is 0 Å². The number of carbonyl (C=O) groups is 1. The fourth-order valence-electron chi connectivity index (χ4n) is 7.21. The van der Waals surface area contributed by atoms with Crippen LogP contribution in [-0.4, -0.2) is 82.8 Å². The smallest absolute Gasteiger partial charge is 0.319 e. The molecule has 2 aromatic carbocycles. The third-order valence-corrected chi connectivity index (χ3v) is 10.2. The Bertz CT molecular complexity index is 1810. The molecule has 226 valence electrons. The molecule has 0 bridgehead atoms. The number of nitriles is 1. The number of nitrogens with zero attached hydrogens (tertiary/aromatic N) is 6. The van der Waals surface area contributed by atoms with Crippen molar-refractivity contribution in [2.24, 2.45) is 0 Å². The summed E-state index contributed by atoms with van der Waals surface area (Å²) in [5.41, 5.74) is 2.44. The quantitative estimate of drug-likeness (QED) is 0.240. The molecule has 44 heavy (non-hydrogen) atoms. The summed E-state index contributed by atoms with van der Waals surface area (Å²) >= 11 is 1.69. The number of hydrogen-bond donors (Lipinski definition) is 0. The van der Waals surface area contributed by atoms with Gasteiger partial charge in [0.2, 0.25) is 0 Å². The fraction of sp³-hybridized carbons (Fsp3) is 0.394. The van der Waals surface area contributed by atoms with Crippen molar-refractivity contribution in [3.05, 3.63) is 60.3 Å². The molecule has 1 amide bonds. The molecule has 3 atom stereocenters. The van der Waals surface area contributed by atoms with Gasteiger partial charge in [-0.05, 0) is 60.2 Å². The Morgan fingerprint density at radius 1 is 1.16 bits per heavy atom. The zero-order valence-corrected chi connectivity index (χ0v) is 25.0. The average Bonchev–Trinajstić information content (AvgIpc) is 3.73. The molecule has 0 saturated carbocycles. The number of thiophene rings is 1. The number of anilines is 1. The number of carbonyl (C=O) groups excluding carboxylic acids is 1. The lowest BCUT2D eigenvalue weighted by Gasteiger charge is -2.41. The van der Waals surface area contributed by atoms with Gasteiger partial charge in [-0.2, -0.15) is 15.2 Å². The number of amides is 1. The van der Waals surface area contributed by atoms with Gasteiger partial charge >= 0.3 is 6.01 Å². The second-order valence-corrected chi connectivity index (χ2v) is 12.9. The standard InChI is InChI=1S/C33H32F2N6O2S/c1-21(34)31(42)41-14-13-39(19-24(41)8-11-36)30-27-7-6-22(25-4-2-5-29-26(25)9-15-44-29)16-28(27)37-32(38-30)43-20-33-10-3-12-40(33)18-23(35)17-33/h2,4-7,9,15-16,23-24H,1,3,8,10,12-14,17-20H2/t23-,24+,33?/m1/s1. The summed E-state index contributed by atoms with van der Waals surface area (Å²) in [5.74, 6) is -1.22. The van der Waals surface area contributed by atoms with E-state index in [4.69, 9.17) is 14.7 Å². The molecule has 3 aliphatic rings. The maximum absolute atomic E-state index is 14.4. The highest BCUT2D eigenvalue weighted by Crippen LogP contribution is 2.41. The first-order chi connectivity index (χ1) is 21.3. The Morgan fingerprint density at radius 3 is 2.89 bits per heavy atom. The minimum absolute atomic E-state index is 0.0411. The van der Waals surface area contributed by atoms with Crippen LogP contribution in [0, 0.1) is 11.3 Å². The van der Waals surface area contributed by atoms with E-state index < -0.39 is 23.9 Å². The lowest BCUT2D eigenvalue weighted by molar-refractivity contribution is -0.131. The molecule has 0 N–H and O–H groups in total. The van der Waals surface area contributed by atoms with Crippen molar-refractivity contribution in [1.29, 1.82) is 5.26 Å². The second kappa shape index (κ2) is 11.4. The monoisotopic (exact) mass is 614 g/mol. The summed E-state index contributed by atoms with van der Waals surface area (Å²) in [4.78, 5) is 27.8. The average molecular weight is 615 g/mol. The molecule has 0 aliphatic carbocycles. The van der Waals surface area contributed by atoms with Crippen molar-refractivity contribution >= 4 is 44.1 Å². The van der Waals surface area contributed by atoms with Gasteiger partial charge in [0.25, 0.3) is 5.91 Å². The van der Waals surface area contributed by atoms with Gasteiger partial charge in [-0.3, -0.25) is 9.69 Å². The Hall–Kier alpha value is -4.14. The number of rotatable bonds is 7. The minimum Gasteiger partial charge on any atom is -0.461 e. The Balaban J connectivity index is 1.27. The predicted molar refractivity (Wildman–Crippen MR) is 167 cm³/mol. The molecule has 3 aliphatic heterocycles. The van der Waals surface area contributed by atoms with E-state index in [9.17, 15) is 18.8 Å². The normalized spacial score (nSPS) is 23.7. The largest absolute Gasteiger partial charge is 0.461 e. The van der Waals surface area contributed by atoms with Crippen LogP contribution in [-0.2, 0) is 4.79 Å². The second-order valence-electron chi connectivity index (χ2n) is 11.9. The van der Waals surface area contributed by atoms with E-state index in [2.05, 4.69) is 47.2 Å². The third kappa shape index (κ3) is 5.06. The molecule has 11 heteroatoms. The van der Waals surface area contributed by atoms with Crippen LogP contribution in [0.15, 0.2) is 60.3 Å². The molecule has 0 radical (unpaired) electrons. The van der Waals surface area contributed by atoms with E-state index in [1.807, 2.05) is 23.1 Å². The zero-order valence-electron chi connectivity index (χ0n) is 24.2. The molecule has 3 saturated heterocycles. The molecule has 1 unspecified atom stereocenters.